The van der Waals surface area contributed by atoms with E-state index >= 15 is 0 Å². The lowest BCUT2D eigenvalue weighted by Crippen LogP contribution is -1.97. The van der Waals surface area contributed by atoms with Gasteiger partial charge in [0.05, 0.1) is 20.6 Å². The van der Waals surface area contributed by atoms with Gasteiger partial charge in [-0.2, -0.15) is 0 Å². The Morgan fingerprint density at radius 1 is 0.875 bits per heavy atom. The minimum atomic E-state index is -1.03. The van der Waals surface area contributed by atoms with Crippen LogP contribution in [0.3, 0.4) is 0 Å². The second kappa shape index (κ2) is 8.15. The molecule has 0 saturated carbocycles. The van der Waals surface area contributed by atoms with Gasteiger partial charge in [0.25, 0.3) is 0 Å². The van der Waals surface area contributed by atoms with E-state index in [4.69, 9.17) is 14.6 Å². The van der Waals surface area contributed by atoms with Gasteiger partial charge in [0.2, 0.25) is 0 Å². The molecule has 0 spiro atoms. The summed E-state index contributed by atoms with van der Waals surface area (Å²) < 4.78 is 25.0. The number of benzene rings is 2. The molecule has 0 heterocycles. The lowest BCUT2D eigenvalue weighted by molar-refractivity contribution is -0.137. The summed E-state index contributed by atoms with van der Waals surface area (Å²) in [4.78, 5) is 10.7. The summed E-state index contributed by atoms with van der Waals surface area (Å²) in [5.74, 6) is -0.167. The fourth-order valence-electron chi connectivity index (χ4n) is 2.34. The Labute approximate surface area is 140 Å². The number of carboxylic acid groups (broad SMARTS) is 1. The van der Waals surface area contributed by atoms with E-state index in [1.807, 2.05) is 0 Å². The fourth-order valence-corrected chi connectivity index (χ4v) is 2.34. The Bertz CT molecular complexity index is 669. The number of rotatable bonds is 7. The van der Waals surface area contributed by atoms with E-state index in [-0.39, 0.29) is 12.8 Å². The van der Waals surface area contributed by atoms with Crippen LogP contribution in [0.2, 0.25) is 0 Å². The highest BCUT2D eigenvalue weighted by Crippen LogP contribution is 2.32. The second-order valence-electron chi connectivity index (χ2n) is 5.13. The Balaban J connectivity index is 2.46. The maximum absolute atomic E-state index is 14.7. The average Bonchev–Trinajstić information content (AvgIpc) is 2.61. The molecule has 24 heavy (non-hydrogen) atoms. The van der Waals surface area contributed by atoms with Crippen molar-refractivity contribution < 1.29 is 23.8 Å². The molecular weight excluding hydrogens is 311 g/mol. The van der Waals surface area contributed by atoms with Crippen LogP contribution in [0.25, 0.3) is 5.57 Å². The number of carbonyl (C=O) groups is 1. The number of aliphatic carboxylic acids is 1. The van der Waals surface area contributed by atoms with E-state index in [1.54, 1.807) is 62.8 Å². The molecule has 0 atom stereocenters. The van der Waals surface area contributed by atoms with Crippen molar-refractivity contribution in [1.82, 2.24) is 0 Å². The Morgan fingerprint density at radius 2 is 1.29 bits per heavy atom. The van der Waals surface area contributed by atoms with Crippen LogP contribution < -0.4 is 9.47 Å². The van der Waals surface area contributed by atoms with Gasteiger partial charge >= 0.3 is 5.97 Å². The third-order valence-corrected chi connectivity index (χ3v) is 3.59. The summed E-state index contributed by atoms with van der Waals surface area (Å²) >= 11 is 0. The third kappa shape index (κ3) is 4.35. The number of methoxy groups -OCH3 is 2. The van der Waals surface area contributed by atoms with Crippen molar-refractivity contribution in [3.63, 3.8) is 0 Å². The van der Waals surface area contributed by atoms with Crippen molar-refractivity contribution in [2.45, 2.75) is 12.8 Å². The van der Waals surface area contributed by atoms with Crippen LogP contribution in [0.1, 0.15) is 24.0 Å². The van der Waals surface area contributed by atoms with Crippen LogP contribution in [0, 0.1) is 0 Å². The van der Waals surface area contributed by atoms with Gasteiger partial charge in [-0.3, -0.25) is 4.79 Å². The first-order chi connectivity index (χ1) is 11.5. The smallest absolute Gasteiger partial charge is 0.303 e. The molecule has 2 rings (SSSR count). The number of hydrogen-bond acceptors (Lipinski definition) is 3. The molecule has 0 saturated heterocycles. The normalized spacial score (nSPS) is 10.1. The van der Waals surface area contributed by atoms with Crippen molar-refractivity contribution in [2.24, 2.45) is 0 Å². The van der Waals surface area contributed by atoms with E-state index < -0.39 is 11.8 Å². The molecule has 0 amide bonds. The molecule has 0 aliphatic rings. The van der Waals surface area contributed by atoms with Crippen LogP contribution in [0.4, 0.5) is 4.39 Å². The molecule has 0 fully saturated rings. The molecule has 2 aromatic carbocycles. The standard InChI is InChI=1S/C19H19FO4/c1-23-15-7-3-13(4-8-15)19(17(20)11-12-18(21)22)14-5-9-16(24-2)10-6-14/h3-10H,11-12H2,1-2H3,(H,21,22). The molecule has 0 aliphatic carbocycles. The van der Waals surface area contributed by atoms with Gasteiger partial charge in [0, 0.05) is 12.0 Å². The first-order valence-corrected chi connectivity index (χ1v) is 7.44. The summed E-state index contributed by atoms with van der Waals surface area (Å²) in [5.41, 5.74) is 1.69. The summed E-state index contributed by atoms with van der Waals surface area (Å²) in [7, 11) is 3.12. The predicted octanol–water partition coefficient (Wildman–Crippen LogP) is 4.30. The average molecular weight is 330 g/mol. The van der Waals surface area contributed by atoms with Gasteiger partial charge in [-0.15, -0.1) is 0 Å². The SMILES string of the molecule is COc1ccc(C(=C(F)CCC(=O)O)c2ccc(OC)cc2)cc1. The minimum absolute atomic E-state index is 0.164. The first kappa shape index (κ1) is 17.5. The number of ether oxygens (including phenoxy) is 2. The van der Waals surface area contributed by atoms with E-state index in [0.29, 0.717) is 28.2 Å². The van der Waals surface area contributed by atoms with E-state index in [0.717, 1.165) is 0 Å². The van der Waals surface area contributed by atoms with Gasteiger partial charge in [0.15, 0.2) is 0 Å². The van der Waals surface area contributed by atoms with Crippen LogP contribution in [-0.4, -0.2) is 25.3 Å². The van der Waals surface area contributed by atoms with E-state index in [1.165, 1.54) is 0 Å². The van der Waals surface area contributed by atoms with Crippen LogP contribution in [-0.2, 0) is 4.79 Å². The zero-order chi connectivity index (χ0) is 17.5. The van der Waals surface area contributed by atoms with Crippen molar-refractivity contribution in [1.29, 1.82) is 0 Å². The molecule has 4 nitrogen and oxygen atoms in total. The van der Waals surface area contributed by atoms with E-state index in [9.17, 15) is 9.18 Å². The summed E-state index contributed by atoms with van der Waals surface area (Å²) in [6, 6.07) is 14.0. The first-order valence-electron chi connectivity index (χ1n) is 7.44. The third-order valence-electron chi connectivity index (χ3n) is 3.59. The summed E-state index contributed by atoms with van der Waals surface area (Å²) in [6.07, 6.45) is -0.426. The minimum Gasteiger partial charge on any atom is -0.497 e. The quantitative estimate of drug-likeness (QED) is 0.822. The lowest BCUT2D eigenvalue weighted by atomic mass is 9.95. The molecule has 0 aromatic heterocycles. The largest absolute Gasteiger partial charge is 0.497 e. The fraction of sp³-hybridized carbons (Fsp3) is 0.211. The molecule has 0 aliphatic heterocycles. The van der Waals surface area contributed by atoms with Crippen molar-refractivity contribution in [3.05, 3.63) is 65.5 Å². The molecule has 126 valence electrons. The highest BCUT2D eigenvalue weighted by molar-refractivity contribution is 5.82. The monoisotopic (exact) mass is 330 g/mol. The summed E-state index contributed by atoms with van der Waals surface area (Å²) in [5, 5.41) is 8.80. The van der Waals surface area contributed by atoms with Crippen molar-refractivity contribution in [3.8, 4) is 11.5 Å². The Kier molecular flexibility index (Phi) is 5.95. The highest BCUT2D eigenvalue weighted by atomic mass is 19.1. The number of allylic oxidation sites excluding steroid dienone is 1. The molecule has 2 aromatic rings. The zero-order valence-electron chi connectivity index (χ0n) is 13.6. The van der Waals surface area contributed by atoms with Crippen LogP contribution in [0.15, 0.2) is 54.4 Å². The maximum Gasteiger partial charge on any atom is 0.303 e. The predicted molar refractivity (Wildman–Crippen MR) is 90.0 cm³/mol. The molecule has 0 unspecified atom stereocenters. The van der Waals surface area contributed by atoms with Gasteiger partial charge in [-0.05, 0) is 35.4 Å². The number of halogens is 1. The topological polar surface area (TPSA) is 55.8 Å². The van der Waals surface area contributed by atoms with Gasteiger partial charge < -0.3 is 14.6 Å². The van der Waals surface area contributed by atoms with Crippen LogP contribution in [0.5, 0.6) is 11.5 Å². The lowest BCUT2D eigenvalue weighted by Gasteiger charge is -2.12. The molecule has 5 heteroatoms. The number of carboxylic acids is 1. The van der Waals surface area contributed by atoms with Gasteiger partial charge in [-0.25, -0.2) is 4.39 Å². The molecule has 0 bridgehead atoms. The highest BCUT2D eigenvalue weighted by Gasteiger charge is 2.14. The molecular formula is C19H19FO4. The van der Waals surface area contributed by atoms with Gasteiger partial charge in [0.1, 0.15) is 17.3 Å². The Morgan fingerprint density at radius 3 is 1.62 bits per heavy atom. The zero-order valence-corrected chi connectivity index (χ0v) is 13.6. The van der Waals surface area contributed by atoms with Crippen LogP contribution >= 0.6 is 0 Å². The molecule has 1 N–H and O–H groups in total. The second-order valence-corrected chi connectivity index (χ2v) is 5.13. The Hall–Kier alpha value is -2.82. The summed E-state index contributed by atoms with van der Waals surface area (Å²) in [6.45, 7) is 0. The molecule has 0 radical (unpaired) electrons. The van der Waals surface area contributed by atoms with Crippen molar-refractivity contribution in [2.75, 3.05) is 14.2 Å². The number of hydrogen-bond donors (Lipinski definition) is 1. The van der Waals surface area contributed by atoms with Crippen molar-refractivity contribution >= 4 is 11.5 Å². The maximum atomic E-state index is 14.7. The van der Waals surface area contributed by atoms with E-state index in [2.05, 4.69) is 0 Å². The van der Waals surface area contributed by atoms with Gasteiger partial charge in [-0.1, -0.05) is 24.3 Å².